The number of rotatable bonds is 1. The molecule has 1 nitrogen and oxygen atoms in total. The molecule has 1 aromatic heterocycles. The Balaban J connectivity index is 3.07. The third-order valence-electron chi connectivity index (χ3n) is 0.952. The first kappa shape index (κ1) is 6.30. The van der Waals surface area contributed by atoms with E-state index in [0.717, 1.165) is 5.69 Å². The molecule has 0 aliphatic rings. The van der Waals surface area contributed by atoms with Crippen LogP contribution in [-0.4, -0.2) is 4.98 Å². The summed E-state index contributed by atoms with van der Waals surface area (Å²) in [5.41, 5.74) is 0.808. The third kappa shape index (κ3) is 1.54. The lowest BCUT2D eigenvalue weighted by atomic mass is 10.3. The van der Waals surface area contributed by atoms with Crippen molar-refractivity contribution in [2.24, 2.45) is 0 Å². The first-order valence-corrected chi connectivity index (χ1v) is 2.95. The summed E-state index contributed by atoms with van der Waals surface area (Å²) in [6.07, 6.45) is 3.31. The van der Waals surface area contributed by atoms with Gasteiger partial charge in [0.05, 0.1) is 5.69 Å². The number of pyridine rings is 1. The molecule has 0 aliphatic heterocycles. The maximum absolute atomic E-state index is 5.64. The zero-order valence-electron chi connectivity index (χ0n) is 4.84. The van der Waals surface area contributed by atoms with E-state index < -0.39 is 0 Å². The van der Waals surface area contributed by atoms with E-state index in [-0.39, 0.29) is 0 Å². The summed E-state index contributed by atoms with van der Waals surface area (Å²) >= 11 is 5.64. The maximum atomic E-state index is 5.64. The van der Waals surface area contributed by atoms with Crippen molar-refractivity contribution in [3.63, 3.8) is 0 Å². The van der Waals surface area contributed by atoms with Crippen molar-refractivity contribution in [2.45, 2.75) is 0 Å². The highest BCUT2D eigenvalue weighted by molar-refractivity contribution is 6.30. The van der Waals surface area contributed by atoms with Crippen molar-refractivity contribution in [2.75, 3.05) is 0 Å². The highest BCUT2D eigenvalue weighted by Gasteiger charge is 1.86. The van der Waals surface area contributed by atoms with E-state index in [1.807, 2.05) is 0 Å². The van der Waals surface area contributed by atoms with Gasteiger partial charge in [-0.3, -0.25) is 4.98 Å². The molecule has 0 aromatic carbocycles. The number of halogens is 1. The molecule has 0 aliphatic carbocycles. The average Bonchev–Trinajstić information content (AvgIpc) is 1.88. The van der Waals surface area contributed by atoms with Crippen LogP contribution in [-0.2, 0) is 0 Å². The van der Waals surface area contributed by atoms with Crippen LogP contribution in [0.1, 0.15) is 5.69 Å². The molecule has 0 fully saturated rings. The summed E-state index contributed by atoms with van der Waals surface area (Å²) in [4.78, 5) is 3.96. The third-order valence-corrected chi connectivity index (χ3v) is 1.19. The summed E-state index contributed by atoms with van der Waals surface area (Å²) in [5, 5.41) is 0.694. The summed E-state index contributed by atoms with van der Waals surface area (Å²) in [5.74, 6) is 0. The molecule has 0 saturated carbocycles. The number of aromatic nitrogens is 1. The molecule has 1 aromatic rings. The van der Waals surface area contributed by atoms with Crippen molar-refractivity contribution in [1.82, 2.24) is 4.98 Å². The second-order valence-electron chi connectivity index (χ2n) is 1.60. The van der Waals surface area contributed by atoms with E-state index in [1.54, 1.807) is 24.4 Å². The molecule has 0 atom stereocenters. The molecule has 0 N–H and O–H groups in total. The van der Waals surface area contributed by atoms with Crippen LogP contribution in [0.4, 0.5) is 0 Å². The van der Waals surface area contributed by atoms with Gasteiger partial charge in [0.1, 0.15) is 0 Å². The Hall–Kier alpha value is -0.820. The highest BCUT2D eigenvalue weighted by Crippen LogP contribution is 2.07. The maximum Gasteiger partial charge on any atom is 0.0638 e. The van der Waals surface area contributed by atoms with Gasteiger partial charge in [0.25, 0.3) is 0 Å². The quantitative estimate of drug-likeness (QED) is 0.582. The second-order valence-corrected chi connectivity index (χ2v) is 2.04. The van der Waals surface area contributed by atoms with Crippen LogP contribution < -0.4 is 0 Å². The topological polar surface area (TPSA) is 12.9 Å². The van der Waals surface area contributed by atoms with Gasteiger partial charge in [-0.25, -0.2) is 0 Å². The Bertz CT molecular complexity index is 220. The Labute approximate surface area is 59.0 Å². The Kier molecular flexibility index (Phi) is 1.85. The Morgan fingerprint density at radius 3 is 2.89 bits per heavy atom. The van der Waals surface area contributed by atoms with Gasteiger partial charge in [0, 0.05) is 11.2 Å². The average molecular weight is 140 g/mol. The highest BCUT2D eigenvalue weighted by atomic mass is 35.5. The fourth-order valence-corrected chi connectivity index (χ4v) is 0.701. The zero-order chi connectivity index (χ0) is 6.69. The first-order valence-electron chi connectivity index (χ1n) is 2.57. The van der Waals surface area contributed by atoms with Crippen LogP contribution in [0.25, 0.3) is 6.08 Å². The van der Waals surface area contributed by atoms with Crippen LogP contribution in [0.5, 0.6) is 0 Å². The summed E-state index contributed by atoms with van der Waals surface area (Å²) in [6.45, 7) is 3.55. The predicted molar refractivity (Wildman–Crippen MR) is 39.3 cm³/mol. The fourth-order valence-electron chi connectivity index (χ4n) is 0.533. The van der Waals surface area contributed by atoms with Crippen molar-refractivity contribution in [3.8, 4) is 0 Å². The van der Waals surface area contributed by atoms with Gasteiger partial charge < -0.3 is 0 Å². The van der Waals surface area contributed by atoms with Crippen molar-refractivity contribution in [1.29, 1.82) is 0 Å². The van der Waals surface area contributed by atoms with E-state index in [2.05, 4.69) is 11.6 Å². The lowest BCUT2D eigenvalue weighted by Crippen LogP contribution is -1.75. The van der Waals surface area contributed by atoms with Gasteiger partial charge in [-0.1, -0.05) is 18.2 Å². The van der Waals surface area contributed by atoms with Crippen LogP contribution in [0, 0.1) is 0 Å². The molecule has 0 bridgehead atoms. The standard InChI is InChI=1S/C7H6ClN/c1-2-7-5-6(8)3-4-9-7/h2-5H,1H2. The molecule has 0 amide bonds. The smallest absolute Gasteiger partial charge is 0.0638 e. The molecule has 9 heavy (non-hydrogen) atoms. The van der Waals surface area contributed by atoms with Crippen molar-refractivity contribution in [3.05, 3.63) is 35.6 Å². The van der Waals surface area contributed by atoms with Crippen LogP contribution in [0.3, 0.4) is 0 Å². The molecule has 0 unspecified atom stereocenters. The first-order chi connectivity index (χ1) is 4.33. The molecule has 0 spiro atoms. The predicted octanol–water partition coefficient (Wildman–Crippen LogP) is 2.38. The molecule has 1 rings (SSSR count). The second kappa shape index (κ2) is 2.65. The van der Waals surface area contributed by atoms with Crippen LogP contribution in [0.15, 0.2) is 24.9 Å². The van der Waals surface area contributed by atoms with Gasteiger partial charge in [0.15, 0.2) is 0 Å². The minimum Gasteiger partial charge on any atom is -0.257 e. The van der Waals surface area contributed by atoms with Gasteiger partial charge in [-0.2, -0.15) is 0 Å². The number of hydrogen-bond donors (Lipinski definition) is 0. The van der Waals surface area contributed by atoms with Crippen molar-refractivity contribution < 1.29 is 0 Å². The SMILES string of the molecule is C=Cc1cc(Cl)ccn1. The number of hydrogen-bond acceptors (Lipinski definition) is 1. The van der Waals surface area contributed by atoms with Gasteiger partial charge in [0.2, 0.25) is 0 Å². The minimum absolute atomic E-state index is 0.694. The van der Waals surface area contributed by atoms with E-state index in [4.69, 9.17) is 11.6 Å². The Morgan fingerprint density at radius 1 is 1.67 bits per heavy atom. The molecular weight excluding hydrogens is 134 g/mol. The summed E-state index contributed by atoms with van der Waals surface area (Å²) in [6, 6.07) is 3.49. The van der Waals surface area contributed by atoms with Gasteiger partial charge >= 0.3 is 0 Å². The van der Waals surface area contributed by atoms with E-state index >= 15 is 0 Å². The summed E-state index contributed by atoms with van der Waals surface area (Å²) in [7, 11) is 0. The lowest BCUT2D eigenvalue weighted by molar-refractivity contribution is 1.30. The molecule has 1 heterocycles. The normalized spacial score (nSPS) is 9.00. The summed E-state index contributed by atoms with van der Waals surface area (Å²) < 4.78 is 0. The monoisotopic (exact) mass is 139 g/mol. The minimum atomic E-state index is 0.694. The lowest BCUT2D eigenvalue weighted by Gasteiger charge is -1.89. The molecule has 0 radical (unpaired) electrons. The molecule has 0 saturated heterocycles. The van der Waals surface area contributed by atoms with E-state index in [0.29, 0.717) is 5.02 Å². The Morgan fingerprint density at radius 2 is 2.44 bits per heavy atom. The van der Waals surface area contributed by atoms with Crippen LogP contribution >= 0.6 is 11.6 Å². The number of nitrogens with zero attached hydrogens (tertiary/aromatic N) is 1. The van der Waals surface area contributed by atoms with Gasteiger partial charge in [-0.15, -0.1) is 0 Å². The van der Waals surface area contributed by atoms with E-state index in [1.165, 1.54) is 0 Å². The fraction of sp³-hybridized carbons (Fsp3) is 0. The molecule has 46 valence electrons. The van der Waals surface area contributed by atoms with Crippen LogP contribution in [0.2, 0.25) is 5.02 Å². The largest absolute Gasteiger partial charge is 0.257 e. The van der Waals surface area contributed by atoms with Crippen molar-refractivity contribution >= 4 is 17.7 Å². The van der Waals surface area contributed by atoms with Gasteiger partial charge in [-0.05, 0) is 18.2 Å². The molecule has 2 heteroatoms. The van der Waals surface area contributed by atoms with E-state index in [9.17, 15) is 0 Å². The molecular formula is C7H6ClN. The zero-order valence-corrected chi connectivity index (χ0v) is 5.60.